The highest BCUT2D eigenvalue weighted by Gasteiger charge is 2.40. The number of nitrogens with zero attached hydrogens (tertiary/aromatic N) is 1. The zero-order valence-corrected chi connectivity index (χ0v) is 15.0. The average molecular weight is 418 g/mol. The minimum absolute atomic E-state index is 0.0419. The number of sulfonamides is 1. The molecule has 1 aromatic carbocycles. The first-order chi connectivity index (χ1) is 9.64. The SMILES string of the molecule is CS(=O)(=O)C1CSCCN1S(=O)(=O)c1ccc(Br)cc1F. The molecule has 1 heterocycles. The Morgan fingerprint density at radius 2 is 2.00 bits per heavy atom. The Kier molecular flexibility index (Phi) is 5.04. The lowest BCUT2D eigenvalue weighted by atomic mass is 10.3. The minimum Gasteiger partial charge on any atom is -0.227 e. The Hall–Kier alpha value is -0.160. The van der Waals surface area contributed by atoms with Crippen molar-refractivity contribution in [2.45, 2.75) is 10.3 Å². The predicted octanol–water partition coefficient (Wildman–Crippen LogP) is 1.70. The molecule has 1 aromatic rings. The van der Waals surface area contributed by atoms with Crippen LogP contribution in [-0.4, -0.2) is 50.8 Å². The van der Waals surface area contributed by atoms with Crippen LogP contribution in [0.3, 0.4) is 0 Å². The van der Waals surface area contributed by atoms with Gasteiger partial charge in [0.2, 0.25) is 10.0 Å². The fourth-order valence-electron chi connectivity index (χ4n) is 1.99. The number of thioether (sulfide) groups is 1. The molecule has 1 saturated heterocycles. The third kappa shape index (κ3) is 3.61. The van der Waals surface area contributed by atoms with Crippen molar-refractivity contribution >= 4 is 47.6 Å². The van der Waals surface area contributed by atoms with Crippen molar-refractivity contribution < 1.29 is 21.2 Å². The Balaban J connectivity index is 2.51. The van der Waals surface area contributed by atoms with E-state index in [1.807, 2.05) is 0 Å². The van der Waals surface area contributed by atoms with Crippen molar-refractivity contribution in [3.63, 3.8) is 0 Å². The lowest BCUT2D eigenvalue weighted by Crippen LogP contribution is -2.49. The summed E-state index contributed by atoms with van der Waals surface area (Å²) < 4.78 is 64.0. The maximum atomic E-state index is 13.9. The quantitative estimate of drug-likeness (QED) is 0.748. The lowest BCUT2D eigenvalue weighted by Gasteiger charge is -2.33. The van der Waals surface area contributed by atoms with Crippen molar-refractivity contribution in [1.82, 2.24) is 4.31 Å². The van der Waals surface area contributed by atoms with Gasteiger partial charge < -0.3 is 0 Å². The normalized spacial score (nSPS) is 21.4. The van der Waals surface area contributed by atoms with Crippen LogP contribution in [0.5, 0.6) is 0 Å². The Labute approximate surface area is 136 Å². The van der Waals surface area contributed by atoms with Crippen molar-refractivity contribution in [3.8, 4) is 0 Å². The highest BCUT2D eigenvalue weighted by Crippen LogP contribution is 2.29. The zero-order chi connectivity index (χ0) is 15.8. The van der Waals surface area contributed by atoms with E-state index in [0.717, 1.165) is 22.7 Å². The maximum absolute atomic E-state index is 13.9. The summed E-state index contributed by atoms with van der Waals surface area (Å²) in [5.74, 6) is -0.283. The van der Waals surface area contributed by atoms with Crippen molar-refractivity contribution in [3.05, 3.63) is 28.5 Å². The molecule has 1 aliphatic heterocycles. The van der Waals surface area contributed by atoms with Crippen LogP contribution in [0.15, 0.2) is 27.6 Å². The standard InChI is InChI=1S/C11H13BrFNO4S3/c1-20(15,16)11-7-19-5-4-14(11)21(17,18)10-3-2-8(12)6-9(10)13/h2-3,6,11H,4-5,7H2,1H3. The van der Waals surface area contributed by atoms with Gasteiger partial charge in [0.15, 0.2) is 9.84 Å². The summed E-state index contributed by atoms with van der Waals surface area (Å²) in [6.07, 6.45) is 0.990. The average Bonchev–Trinajstić information content (AvgIpc) is 2.37. The van der Waals surface area contributed by atoms with Gasteiger partial charge in [-0.25, -0.2) is 21.2 Å². The van der Waals surface area contributed by atoms with Crippen molar-refractivity contribution in [2.24, 2.45) is 0 Å². The molecule has 1 fully saturated rings. The van der Waals surface area contributed by atoms with Crippen LogP contribution in [0, 0.1) is 5.82 Å². The molecule has 1 atom stereocenters. The fraction of sp³-hybridized carbons (Fsp3) is 0.455. The molecule has 0 radical (unpaired) electrons. The number of hydrogen-bond acceptors (Lipinski definition) is 5. The van der Waals surface area contributed by atoms with E-state index < -0.39 is 35.9 Å². The van der Waals surface area contributed by atoms with Gasteiger partial charge in [0.1, 0.15) is 16.1 Å². The van der Waals surface area contributed by atoms with Gasteiger partial charge >= 0.3 is 0 Å². The molecule has 0 aliphatic carbocycles. The van der Waals surface area contributed by atoms with Crippen LogP contribution in [-0.2, 0) is 19.9 Å². The molecule has 1 aliphatic rings. The Morgan fingerprint density at radius 3 is 2.57 bits per heavy atom. The van der Waals surface area contributed by atoms with Gasteiger partial charge in [0.25, 0.3) is 0 Å². The second kappa shape index (κ2) is 6.15. The molecule has 0 amide bonds. The van der Waals surface area contributed by atoms with Crippen LogP contribution in [0.25, 0.3) is 0 Å². The van der Waals surface area contributed by atoms with Crippen molar-refractivity contribution in [2.75, 3.05) is 24.3 Å². The van der Waals surface area contributed by atoms with Crippen LogP contribution >= 0.6 is 27.7 Å². The van der Waals surface area contributed by atoms with E-state index in [2.05, 4.69) is 15.9 Å². The molecule has 1 unspecified atom stereocenters. The van der Waals surface area contributed by atoms with E-state index in [1.54, 1.807) is 0 Å². The van der Waals surface area contributed by atoms with Crippen molar-refractivity contribution in [1.29, 1.82) is 0 Å². The molecule has 10 heteroatoms. The molecule has 0 spiro atoms. The minimum atomic E-state index is -4.20. The molecule has 0 N–H and O–H groups in total. The number of hydrogen-bond donors (Lipinski definition) is 0. The van der Waals surface area contributed by atoms with E-state index in [0.29, 0.717) is 10.2 Å². The van der Waals surface area contributed by atoms with E-state index in [4.69, 9.17) is 0 Å². The molecular formula is C11H13BrFNO4S3. The first-order valence-corrected chi connectivity index (χ1v) is 11.2. The molecule has 0 saturated carbocycles. The first kappa shape index (κ1) is 17.2. The van der Waals surface area contributed by atoms with Gasteiger partial charge in [-0.1, -0.05) is 15.9 Å². The third-order valence-electron chi connectivity index (χ3n) is 3.01. The molecule has 118 valence electrons. The Morgan fingerprint density at radius 1 is 1.33 bits per heavy atom. The number of halogens is 2. The van der Waals surface area contributed by atoms with Crippen LogP contribution in [0.4, 0.5) is 4.39 Å². The molecule has 2 rings (SSSR count). The van der Waals surface area contributed by atoms with E-state index in [-0.39, 0.29) is 12.3 Å². The number of benzene rings is 1. The summed E-state index contributed by atoms with van der Waals surface area (Å²) in [6, 6.07) is 3.58. The molecular weight excluding hydrogens is 405 g/mol. The molecule has 0 bridgehead atoms. The van der Waals surface area contributed by atoms with Crippen LogP contribution in [0.1, 0.15) is 0 Å². The van der Waals surface area contributed by atoms with Gasteiger partial charge in [-0.3, -0.25) is 0 Å². The van der Waals surface area contributed by atoms with Crippen LogP contribution in [0.2, 0.25) is 0 Å². The fourth-order valence-corrected chi connectivity index (χ4v) is 7.54. The van der Waals surface area contributed by atoms with Gasteiger partial charge in [-0.05, 0) is 18.2 Å². The maximum Gasteiger partial charge on any atom is 0.247 e. The van der Waals surface area contributed by atoms with Gasteiger partial charge in [-0.15, -0.1) is 0 Å². The highest BCUT2D eigenvalue weighted by molar-refractivity contribution is 9.10. The topological polar surface area (TPSA) is 71.5 Å². The molecule has 5 nitrogen and oxygen atoms in total. The van der Waals surface area contributed by atoms with E-state index in [1.165, 1.54) is 17.8 Å². The molecule has 21 heavy (non-hydrogen) atoms. The zero-order valence-electron chi connectivity index (χ0n) is 11.0. The summed E-state index contributed by atoms with van der Waals surface area (Å²) in [5, 5.41) is -1.16. The molecule has 0 aromatic heterocycles. The summed E-state index contributed by atoms with van der Waals surface area (Å²) in [6.45, 7) is 0.0419. The number of sulfone groups is 1. The first-order valence-electron chi connectivity index (χ1n) is 5.87. The smallest absolute Gasteiger partial charge is 0.227 e. The third-order valence-corrected chi connectivity index (χ3v) is 8.22. The second-order valence-electron chi connectivity index (χ2n) is 4.55. The Bertz CT molecular complexity index is 751. The summed E-state index contributed by atoms with van der Waals surface area (Å²) >= 11 is 4.42. The van der Waals surface area contributed by atoms with Gasteiger partial charge in [0.05, 0.1) is 0 Å². The highest BCUT2D eigenvalue weighted by atomic mass is 79.9. The van der Waals surface area contributed by atoms with Gasteiger partial charge in [0, 0.05) is 28.8 Å². The van der Waals surface area contributed by atoms with E-state index in [9.17, 15) is 21.2 Å². The monoisotopic (exact) mass is 417 g/mol. The summed E-state index contributed by atoms with van der Waals surface area (Å²) in [4.78, 5) is -0.508. The van der Waals surface area contributed by atoms with E-state index >= 15 is 0 Å². The van der Waals surface area contributed by atoms with Crippen LogP contribution < -0.4 is 0 Å². The summed E-state index contributed by atoms with van der Waals surface area (Å²) in [7, 11) is -7.79. The number of rotatable bonds is 3. The lowest BCUT2D eigenvalue weighted by molar-refractivity contribution is 0.401. The summed E-state index contributed by atoms with van der Waals surface area (Å²) in [5.41, 5.74) is 0. The largest absolute Gasteiger partial charge is 0.247 e. The second-order valence-corrected chi connectivity index (χ2v) is 10.7. The van der Waals surface area contributed by atoms with Gasteiger partial charge in [-0.2, -0.15) is 16.1 Å². The predicted molar refractivity (Wildman–Crippen MR) is 83.9 cm³/mol.